The summed E-state index contributed by atoms with van der Waals surface area (Å²) in [5.41, 5.74) is 5.79. The topological polar surface area (TPSA) is 64.4 Å². The van der Waals surface area contributed by atoms with Crippen molar-refractivity contribution in [2.75, 3.05) is 11.9 Å². The van der Waals surface area contributed by atoms with Gasteiger partial charge < -0.3 is 15.8 Å². The third-order valence-electron chi connectivity index (χ3n) is 2.74. The van der Waals surface area contributed by atoms with Crippen molar-refractivity contribution in [2.24, 2.45) is 11.7 Å². The summed E-state index contributed by atoms with van der Waals surface area (Å²) in [7, 11) is 0. The number of nitrogens with one attached hydrogen (secondary N) is 1. The minimum absolute atomic E-state index is 0. The van der Waals surface area contributed by atoms with Crippen LogP contribution in [0.4, 0.5) is 18.9 Å². The van der Waals surface area contributed by atoms with Gasteiger partial charge in [0.2, 0.25) is 5.91 Å². The van der Waals surface area contributed by atoms with Crippen LogP contribution in [0, 0.1) is 5.92 Å². The molecule has 1 rings (SSSR count). The number of para-hydroxylation sites is 2. The molecule has 1 aromatic rings. The zero-order valence-electron chi connectivity index (χ0n) is 11.6. The monoisotopic (exact) mass is 326 g/mol. The quantitative estimate of drug-likeness (QED) is 0.874. The summed E-state index contributed by atoms with van der Waals surface area (Å²) in [6.07, 6.45) is -4.43. The number of ether oxygens (including phenoxy) is 1. The van der Waals surface area contributed by atoms with Crippen LogP contribution in [0.15, 0.2) is 24.3 Å². The first kappa shape index (κ1) is 19.5. The van der Waals surface area contributed by atoms with Crippen molar-refractivity contribution in [1.29, 1.82) is 0 Å². The van der Waals surface area contributed by atoms with E-state index in [-0.39, 0.29) is 35.8 Å². The smallest absolute Gasteiger partial charge is 0.422 e. The summed E-state index contributed by atoms with van der Waals surface area (Å²) in [6.45, 7) is 1.90. The minimum atomic E-state index is -4.43. The van der Waals surface area contributed by atoms with Gasteiger partial charge in [-0.1, -0.05) is 19.1 Å². The van der Waals surface area contributed by atoms with Gasteiger partial charge in [-0.05, 0) is 19.1 Å². The second-order valence-electron chi connectivity index (χ2n) is 4.54. The first-order valence-corrected chi connectivity index (χ1v) is 6.05. The number of hydrogen-bond donors (Lipinski definition) is 2. The third-order valence-corrected chi connectivity index (χ3v) is 2.74. The Morgan fingerprint density at radius 1 is 1.33 bits per heavy atom. The summed E-state index contributed by atoms with van der Waals surface area (Å²) < 4.78 is 41.1. The molecule has 0 aromatic heterocycles. The molecule has 8 heteroatoms. The molecule has 0 saturated carbocycles. The summed E-state index contributed by atoms with van der Waals surface area (Å²) in [5.74, 6) is -0.871. The molecular formula is C13H18ClF3N2O2. The molecule has 0 aliphatic carbocycles. The normalized spacial score (nSPS) is 13.8. The van der Waals surface area contributed by atoms with E-state index in [1.54, 1.807) is 19.9 Å². The highest BCUT2D eigenvalue weighted by molar-refractivity contribution is 5.94. The molecule has 2 atom stereocenters. The summed E-state index contributed by atoms with van der Waals surface area (Å²) in [6, 6.07) is 5.58. The molecule has 4 nitrogen and oxygen atoms in total. The van der Waals surface area contributed by atoms with Gasteiger partial charge in [-0.3, -0.25) is 4.79 Å². The fraction of sp³-hybridized carbons (Fsp3) is 0.462. The molecule has 0 saturated heterocycles. The lowest BCUT2D eigenvalue weighted by Gasteiger charge is -2.17. The summed E-state index contributed by atoms with van der Waals surface area (Å²) >= 11 is 0. The van der Waals surface area contributed by atoms with Gasteiger partial charge in [-0.25, -0.2) is 0 Å². The number of halogens is 4. The van der Waals surface area contributed by atoms with Crippen LogP contribution in [0.1, 0.15) is 13.8 Å². The molecule has 0 spiro atoms. The van der Waals surface area contributed by atoms with Crippen molar-refractivity contribution >= 4 is 24.0 Å². The van der Waals surface area contributed by atoms with Crippen LogP contribution in [-0.4, -0.2) is 24.7 Å². The van der Waals surface area contributed by atoms with Crippen LogP contribution < -0.4 is 15.8 Å². The third kappa shape index (κ3) is 6.68. The van der Waals surface area contributed by atoms with Crippen molar-refractivity contribution in [1.82, 2.24) is 0 Å². The number of anilines is 1. The lowest BCUT2D eigenvalue weighted by Crippen LogP contribution is -2.34. The molecule has 0 radical (unpaired) electrons. The second kappa shape index (κ2) is 8.09. The Labute approximate surface area is 127 Å². The van der Waals surface area contributed by atoms with E-state index in [0.717, 1.165) is 0 Å². The van der Waals surface area contributed by atoms with Gasteiger partial charge in [0.25, 0.3) is 0 Å². The van der Waals surface area contributed by atoms with Crippen LogP contribution in [0.3, 0.4) is 0 Å². The van der Waals surface area contributed by atoms with Crippen LogP contribution in [0.2, 0.25) is 0 Å². The van der Waals surface area contributed by atoms with E-state index >= 15 is 0 Å². The molecule has 2 unspecified atom stereocenters. The summed E-state index contributed by atoms with van der Waals surface area (Å²) in [4.78, 5) is 11.8. The van der Waals surface area contributed by atoms with Crippen molar-refractivity contribution in [3.63, 3.8) is 0 Å². The molecule has 0 bridgehead atoms. The Kier molecular flexibility index (Phi) is 7.52. The molecule has 0 heterocycles. The number of alkyl halides is 3. The fourth-order valence-electron chi connectivity index (χ4n) is 1.34. The highest BCUT2D eigenvalue weighted by Gasteiger charge is 2.29. The van der Waals surface area contributed by atoms with E-state index in [1.807, 2.05) is 0 Å². The van der Waals surface area contributed by atoms with Gasteiger partial charge in [0.05, 0.1) is 11.6 Å². The van der Waals surface area contributed by atoms with Crippen molar-refractivity contribution in [3.8, 4) is 5.75 Å². The van der Waals surface area contributed by atoms with Crippen LogP contribution in [-0.2, 0) is 4.79 Å². The Balaban J connectivity index is 0.00000400. The molecule has 0 aliphatic rings. The molecule has 1 amide bonds. The molecule has 3 N–H and O–H groups in total. The maximum Gasteiger partial charge on any atom is 0.422 e. The Hall–Kier alpha value is -1.47. The van der Waals surface area contributed by atoms with Gasteiger partial charge in [0, 0.05) is 6.04 Å². The number of nitrogens with two attached hydrogens (primary N) is 1. The zero-order chi connectivity index (χ0) is 15.3. The highest BCUT2D eigenvalue weighted by atomic mass is 35.5. The summed E-state index contributed by atoms with van der Waals surface area (Å²) in [5, 5.41) is 2.52. The molecular weight excluding hydrogens is 309 g/mol. The maximum absolute atomic E-state index is 12.1. The average molecular weight is 327 g/mol. The number of benzene rings is 1. The largest absolute Gasteiger partial charge is 0.482 e. The van der Waals surface area contributed by atoms with Crippen molar-refractivity contribution in [3.05, 3.63) is 24.3 Å². The van der Waals surface area contributed by atoms with Gasteiger partial charge in [0.1, 0.15) is 5.75 Å². The number of hydrogen-bond acceptors (Lipinski definition) is 3. The minimum Gasteiger partial charge on any atom is -0.482 e. The van der Waals surface area contributed by atoms with E-state index in [2.05, 4.69) is 10.1 Å². The Bertz CT molecular complexity index is 467. The lowest BCUT2D eigenvalue weighted by atomic mass is 10.0. The molecule has 21 heavy (non-hydrogen) atoms. The molecule has 0 fully saturated rings. The number of carbonyl (C=O) groups is 1. The molecule has 120 valence electrons. The van der Waals surface area contributed by atoms with E-state index < -0.39 is 18.7 Å². The Morgan fingerprint density at radius 3 is 2.43 bits per heavy atom. The van der Waals surface area contributed by atoms with Crippen LogP contribution in [0.5, 0.6) is 5.75 Å². The van der Waals surface area contributed by atoms with E-state index in [4.69, 9.17) is 5.73 Å². The predicted molar refractivity (Wildman–Crippen MR) is 76.7 cm³/mol. The predicted octanol–water partition coefficient (Wildman–Crippen LogP) is 2.97. The van der Waals surface area contributed by atoms with E-state index in [0.29, 0.717) is 0 Å². The van der Waals surface area contributed by atoms with Gasteiger partial charge in [0.15, 0.2) is 6.61 Å². The maximum atomic E-state index is 12.1. The van der Waals surface area contributed by atoms with Gasteiger partial charge in [-0.2, -0.15) is 13.2 Å². The van der Waals surface area contributed by atoms with Gasteiger partial charge in [-0.15, -0.1) is 12.4 Å². The van der Waals surface area contributed by atoms with Crippen molar-refractivity contribution < 1.29 is 22.7 Å². The van der Waals surface area contributed by atoms with E-state index in [9.17, 15) is 18.0 Å². The fourth-order valence-corrected chi connectivity index (χ4v) is 1.34. The Morgan fingerprint density at radius 2 is 1.90 bits per heavy atom. The number of amides is 1. The first-order chi connectivity index (χ1) is 9.20. The lowest BCUT2D eigenvalue weighted by molar-refractivity contribution is -0.153. The molecule has 1 aromatic carbocycles. The SMILES string of the molecule is CC(N)C(C)C(=O)Nc1ccccc1OCC(F)(F)F.Cl. The highest BCUT2D eigenvalue weighted by Crippen LogP contribution is 2.26. The average Bonchev–Trinajstić information content (AvgIpc) is 2.35. The zero-order valence-corrected chi connectivity index (χ0v) is 12.4. The standard InChI is InChI=1S/C13H17F3N2O2.ClH/c1-8(9(2)17)12(19)18-10-5-3-4-6-11(10)20-7-13(14,15)16;/h3-6,8-9H,7,17H2,1-2H3,(H,18,19);1H. The molecule has 0 aliphatic heterocycles. The van der Waals surface area contributed by atoms with Crippen molar-refractivity contribution in [2.45, 2.75) is 26.1 Å². The van der Waals surface area contributed by atoms with Crippen LogP contribution >= 0.6 is 12.4 Å². The number of carbonyl (C=O) groups excluding carboxylic acids is 1. The second-order valence-corrected chi connectivity index (χ2v) is 4.54. The van der Waals surface area contributed by atoms with Gasteiger partial charge >= 0.3 is 6.18 Å². The first-order valence-electron chi connectivity index (χ1n) is 6.05. The van der Waals surface area contributed by atoms with E-state index in [1.165, 1.54) is 18.2 Å². The number of rotatable bonds is 5. The van der Waals surface area contributed by atoms with Crippen LogP contribution in [0.25, 0.3) is 0 Å².